The zero-order valence-corrected chi connectivity index (χ0v) is 41.5. The van der Waals surface area contributed by atoms with Crippen molar-refractivity contribution in [1.29, 1.82) is 0 Å². The fraction of sp³-hybridized carbons (Fsp3) is 0.642. The van der Waals surface area contributed by atoms with E-state index in [4.69, 9.17) is 18.9 Å². The van der Waals surface area contributed by atoms with Crippen LogP contribution in [-0.4, -0.2) is 50.3 Å². The number of carbonyl (C=O) groups is 3. The van der Waals surface area contributed by atoms with E-state index >= 15 is 0 Å². The lowest BCUT2D eigenvalue weighted by Gasteiger charge is -2.71. The van der Waals surface area contributed by atoms with Crippen LogP contribution in [0.3, 0.4) is 0 Å². The lowest BCUT2D eigenvalue weighted by molar-refractivity contribution is -0.832. The first-order chi connectivity index (χ1) is 31.6. The first kappa shape index (κ1) is 48.7. The van der Waals surface area contributed by atoms with Gasteiger partial charge in [0, 0.05) is 11.8 Å². The molecule has 0 saturated heterocycles. The third kappa shape index (κ3) is 8.71. The van der Waals surface area contributed by atoms with Gasteiger partial charge in [-0.3, -0.25) is 19.0 Å². The Morgan fingerprint density at radius 3 is 2.24 bits per heavy atom. The van der Waals surface area contributed by atoms with Crippen molar-refractivity contribution in [3.05, 3.63) is 83.1 Å². The molecule has 2 aromatic carbocycles. The van der Waals surface area contributed by atoms with Crippen LogP contribution in [-0.2, 0) is 45.0 Å². The third-order valence-corrected chi connectivity index (χ3v) is 19.7. The second-order valence-corrected chi connectivity index (χ2v) is 24.4. The van der Waals surface area contributed by atoms with Crippen LogP contribution in [0, 0.1) is 55.5 Å². The molecule has 13 nitrogen and oxygen atoms in total. The van der Waals surface area contributed by atoms with Crippen molar-refractivity contribution in [1.82, 2.24) is 5.16 Å². The fourth-order valence-corrected chi connectivity index (χ4v) is 15.3. The highest BCUT2D eigenvalue weighted by Gasteiger charge is 2.69. The molecule has 0 N–H and O–H groups in total. The maximum Gasteiger partial charge on any atom is 0.414 e. The van der Waals surface area contributed by atoms with E-state index in [9.17, 15) is 28.0 Å². The first-order valence-electron chi connectivity index (χ1n) is 24.4. The quantitative estimate of drug-likeness (QED) is 0.0648. The van der Waals surface area contributed by atoms with E-state index in [2.05, 4.69) is 64.3 Å². The number of aromatic nitrogens is 2. The summed E-state index contributed by atoms with van der Waals surface area (Å²) in [5.41, 5.74) is 1.86. The highest BCUT2D eigenvalue weighted by Crippen LogP contribution is 2.76. The molecule has 0 radical (unpaired) electrons. The van der Waals surface area contributed by atoms with Crippen LogP contribution in [0.15, 0.2) is 86.9 Å². The number of rotatable bonds is 14. The molecule has 0 aliphatic heterocycles. The molecular weight excluding hydrogens is 873 g/mol. The summed E-state index contributed by atoms with van der Waals surface area (Å²) in [6.45, 7) is 18.7. The third-order valence-electron chi connectivity index (χ3n) is 18.0. The van der Waals surface area contributed by atoms with E-state index in [1.54, 1.807) is 13.0 Å². The van der Waals surface area contributed by atoms with Gasteiger partial charge in [-0.25, -0.2) is 8.42 Å². The lowest BCUT2D eigenvalue weighted by atomic mass is 9.33. The molecule has 0 bridgehead atoms. The molecule has 0 amide bonds. The fourth-order valence-electron chi connectivity index (χ4n) is 14.0. The number of sulfone groups is 1. The minimum Gasteiger partial charge on any atom is -0.463 e. The topological polar surface area (TPSA) is 175 Å². The molecule has 3 aromatic rings. The van der Waals surface area contributed by atoms with Crippen LogP contribution < -0.4 is 9.64 Å². The summed E-state index contributed by atoms with van der Waals surface area (Å²) in [4.78, 5) is 40.4. The smallest absolute Gasteiger partial charge is 0.414 e. The van der Waals surface area contributed by atoms with E-state index in [0.29, 0.717) is 18.4 Å². The minimum absolute atomic E-state index is 0.0184. The lowest BCUT2D eigenvalue weighted by Crippen LogP contribution is -2.65. The Kier molecular flexibility index (Phi) is 13.1. The molecule has 1 heterocycles. The van der Waals surface area contributed by atoms with Crippen LogP contribution in [0.25, 0.3) is 0 Å². The SMILES string of the molecule is CC(CCOc1no[n+]([O-])c1S(=O)(=O)c1ccccc1)OC(=O)CCC(=O)O[C@H]1CC[C@]2(C)[C@H]3CC=C4[C@@H]5CC(C)(C)CC[C@]5(C(=O)OCc5ccccc5)CC[C@@]4(C)[C@]3(C)CC[C@H]2C1(C)C. The molecule has 4 saturated carbocycles. The highest BCUT2D eigenvalue weighted by atomic mass is 32.2. The van der Waals surface area contributed by atoms with Gasteiger partial charge in [0.15, 0.2) is 0 Å². The first-order valence-corrected chi connectivity index (χ1v) is 25.9. The van der Waals surface area contributed by atoms with Gasteiger partial charge in [-0.15, -0.1) is 0 Å². The average molecular weight is 943 g/mol. The van der Waals surface area contributed by atoms with Crippen LogP contribution in [0.4, 0.5) is 0 Å². The van der Waals surface area contributed by atoms with E-state index in [-0.39, 0.29) is 80.7 Å². The summed E-state index contributed by atoms with van der Waals surface area (Å²) >= 11 is 0. The zero-order chi connectivity index (χ0) is 48.2. The van der Waals surface area contributed by atoms with Crippen molar-refractivity contribution in [3.63, 3.8) is 0 Å². The molecule has 0 spiro atoms. The van der Waals surface area contributed by atoms with E-state index in [1.807, 2.05) is 30.3 Å². The summed E-state index contributed by atoms with van der Waals surface area (Å²) in [5.74, 6) is -0.604. The molecule has 9 atom stereocenters. The normalized spacial score (nSPS) is 32.1. The van der Waals surface area contributed by atoms with Gasteiger partial charge in [-0.05, 0) is 133 Å². The zero-order valence-electron chi connectivity index (χ0n) is 40.6. The van der Waals surface area contributed by atoms with Crippen molar-refractivity contribution >= 4 is 27.7 Å². The Bertz CT molecular complexity index is 2470. The molecule has 1 unspecified atom stereocenters. The van der Waals surface area contributed by atoms with Gasteiger partial charge in [0.05, 0.1) is 34.9 Å². The molecule has 1 aromatic heterocycles. The predicted octanol–water partition coefficient (Wildman–Crippen LogP) is 10.1. The maximum absolute atomic E-state index is 14.4. The van der Waals surface area contributed by atoms with Crippen molar-refractivity contribution < 1.29 is 51.3 Å². The Balaban J connectivity index is 0.869. The predicted molar refractivity (Wildman–Crippen MR) is 247 cm³/mol. The van der Waals surface area contributed by atoms with Crippen LogP contribution >= 0.6 is 0 Å². The van der Waals surface area contributed by atoms with E-state index in [0.717, 1.165) is 69.8 Å². The van der Waals surface area contributed by atoms with Gasteiger partial charge in [0.25, 0.3) is 9.84 Å². The van der Waals surface area contributed by atoms with Crippen LogP contribution in [0.1, 0.15) is 144 Å². The van der Waals surface area contributed by atoms with Gasteiger partial charge in [0.1, 0.15) is 18.8 Å². The summed E-state index contributed by atoms with van der Waals surface area (Å²) in [6.07, 6.45) is 11.0. The number of hydrogen-bond donors (Lipinski definition) is 0. The Morgan fingerprint density at radius 1 is 0.851 bits per heavy atom. The molecule has 8 rings (SSSR count). The summed E-state index contributed by atoms with van der Waals surface area (Å²) < 4.78 is 54.1. The second-order valence-electron chi connectivity index (χ2n) is 22.6. The number of benzene rings is 2. The average Bonchev–Trinajstić information content (AvgIpc) is 3.66. The molecule has 67 heavy (non-hydrogen) atoms. The number of ether oxygens (including phenoxy) is 4. The highest BCUT2D eigenvalue weighted by molar-refractivity contribution is 7.91. The van der Waals surface area contributed by atoms with Gasteiger partial charge in [-0.2, -0.15) is 0 Å². The largest absolute Gasteiger partial charge is 0.463 e. The maximum atomic E-state index is 14.4. The Morgan fingerprint density at radius 2 is 1.52 bits per heavy atom. The van der Waals surface area contributed by atoms with Crippen molar-refractivity contribution in [3.8, 4) is 5.88 Å². The molecule has 364 valence electrons. The number of hydrogen-bond acceptors (Lipinski definition) is 12. The van der Waals surface area contributed by atoms with Crippen LogP contribution in [0.2, 0.25) is 0 Å². The van der Waals surface area contributed by atoms with Crippen molar-refractivity contribution in [2.24, 2.45) is 50.2 Å². The second kappa shape index (κ2) is 18.0. The number of carbonyl (C=O) groups excluding carboxylic acids is 3. The number of nitrogens with zero attached hydrogens (tertiary/aromatic N) is 2. The standard InChI is InChI=1S/C53H70N2O11S/c1-35(25-32-62-45-46(55(59)66-54-45)67(60,61)37-17-13-10-14-18-37)64-43(56)21-22-44(57)65-42-24-26-50(6)40(49(42,4)5)23-27-52(8)41(50)20-19-38-39-33-48(2,3)28-30-53(39,31-29-51(38,52)7)47(58)63-34-36-15-11-9-12-16-36/h9-19,35,39-42H,20-34H2,1-8H3/t35?,39-,40-,41+,42-,50-,51+,52+,53-/m0/s1. The monoisotopic (exact) mass is 942 g/mol. The van der Waals surface area contributed by atoms with Gasteiger partial charge in [-0.1, -0.05) is 109 Å². The molecule has 4 fully saturated rings. The molecular formula is C53H70N2O11S. The summed E-state index contributed by atoms with van der Waals surface area (Å²) in [6, 6.07) is 17.4. The molecule has 14 heteroatoms. The number of fused-ring (bicyclic) bond motifs is 7. The van der Waals surface area contributed by atoms with Gasteiger partial charge in [0.2, 0.25) is 0 Å². The van der Waals surface area contributed by atoms with Crippen molar-refractivity contribution in [2.75, 3.05) is 6.61 Å². The Labute approximate surface area is 396 Å². The molecule has 5 aliphatic rings. The van der Waals surface area contributed by atoms with Gasteiger partial charge < -0.3 is 24.2 Å². The Hall–Kier alpha value is -4.72. The van der Waals surface area contributed by atoms with Crippen LogP contribution in [0.5, 0.6) is 5.88 Å². The molecule has 5 aliphatic carbocycles. The van der Waals surface area contributed by atoms with E-state index < -0.39 is 44.2 Å². The number of allylic oxidation sites excluding steroid dienone is 2. The number of esters is 3. The van der Waals surface area contributed by atoms with Crippen molar-refractivity contribution in [2.45, 2.75) is 168 Å². The van der Waals surface area contributed by atoms with Gasteiger partial charge >= 0.3 is 28.8 Å². The summed E-state index contributed by atoms with van der Waals surface area (Å²) in [7, 11) is -4.27. The van der Waals surface area contributed by atoms with E-state index in [1.165, 1.54) is 29.8 Å². The summed E-state index contributed by atoms with van der Waals surface area (Å²) in [5, 5.41) is 14.9. The minimum atomic E-state index is -4.27.